The standard InChI is InChI=1S/C24H15F3N2O2/c25-24(26,27)14-3-1-13(2-4-14)23(19-11-28-21-7-5-15(30)9-17(19)21)20-12-29-22-8-6-16(31)10-18(20)22/h1-12,28,30-31H/p+1/b23-20+. The highest BCUT2D eigenvalue weighted by Gasteiger charge is 2.31. The summed E-state index contributed by atoms with van der Waals surface area (Å²) in [6.45, 7) is 0. The van der Waals surface area contributed by atoms with Crippen molar-refractivity contribution < 1.29 is 28.4 Å². The number of phenolic OH excluding ortho intramolecular Hbond substituents is 2. The lowest BCUT2D eigenvalue weighted by molar-refractivity contribution is -0.342. The number of aromatic amines is 1. The van der Waals surface area contributed by atoms with E-state index in [-0.39, 0.29) is 11.5 Å². The molecule has 1 aromatic heterocycles. The van der Waals surface area contributed by atoms with Gasteiger partial charge in [0.25, 0.3) is 0 Å². The molecule has 0 unspecified atom stereocenters. The molecule has 0 saturated heterocycles. The summed E-state index contributed by atoms with van der Waals surface area (Å²) in [4.78, 5) is 6.30. The van der Waals surface area contributed by atoms with Crippen molar-refractivity contribution in [2.24, 2.45) is 0 Å². The van der Waals surface area contributed by atoms with Crippen LogP contribution in [0, 0.1) is 0 Å². The third kappa shape index (κ3) is 3.24. The molecule has 154 valence electrons. The normalized spacial score (nSPS) is 14.8. The average Bonchev–Trinajstić information content (AvgIpc) is 3.33. The second-order valence-corrected chi connectivity index (χ2v) is 7.31. The molecule has 0 saturated carbocycles. The molecule has 31 heavy (non-hydrogen) atoms. The van der Waals surface area contributed by atoms with Crippen molar-refractivity contribution in [2.75, 3.05) is 0 Å². The smallest absolute Gasteiger partial charge is 0.416 e. The maximum atomic E-state index is 13.1. The number of aromatic hydroxyl groups is 2. The molecule has 1 aliphatic heterocycles. The summed E-state index contributed by atoms with van der Waals surface area (Å²) in [6.07, 6.45) is -0.907. The van der Waals surface area contributed by atoms with Crippen LogP contribution in [-0.4, -0.2) is 21.4 Å². The molecule has 0 fully saturated rings. The van der Waals surface area contributed by atoms with Gasteiger partial charge in [0.05, 0.1) is 16.7 Å². The zero-order chi connectivity index (χ0) is 21.8. The van der Waals surface area contributed by atoms with E-state index in [1.165, 1.54) is 12.1 Å². The number of rotatable bonds is 2. The largest absolute Gasteiger partial charge is 0.508 e. The van der Waals surface area contributed by atoms with E-state index < -0.39 is 11.7 Å². The number of allylic oxidation sites excluding steroid dienone is 1. The van der Waals surface area contributed by atoms with E-state index in [0.29, 0.717) is 11.1 Å². The van der Waals surface area contributed by atoms with Crippen molar-refractivity contribution in [1.29, 1.82) is 0 Å². The van der Waals surface area contributed by atoms with Gasteiger partial charge in [0.2, 0.25) is 5.69 Å². The van der Waals surface area contributed by atoms with Crippen molar-refractivity contribution in [3.8, 4) is 11.5 Å². The summed E-state index contributed by atoms with van der Waals surface area (Å²) in [5.74, 6) is 0.161. The van der Waals surface area contributed by atoms with E-state index in [4.69, 9.17) is 0 Å². The van der Waals surface area contributed by atoms with E-state index in [0.717, 1.165) is 45.4 Å². The molecule has 2 heterocycles. The highest BCUT2D eigenvalue weighted by Crippen LogP contribution is 2.40. The second kappa shape index (κ2) is 6.77. The quantitative estimate of drug-likeness (QED) is 0.364. The van der Waals surface area contributed by atoms with Gasteiger partial charge in [0.1, 0.15) is 11.5 Å². The van der Waals surface area contributed by atoms with Gasteiger partial charge in [-0.3, -0.25) is 0 Å². The molecule has 4 nitrogen and oxygen atoms in total. The lowest BCUT2D eigenvalue weighted by Crippen LogP contribution is -2.58. The van der Waals surface area contributed by atoms with Crippen molar-refractivity contribution in [3.63, 3.8) is 0 Å². The molecule has 0 bridgehead atoms. The van der Waals surface area contributed by atoms with Gasteiger partial charge in [0.15, 0.2) is 6.21 Å². The molecule has 4 N–H and O–H groups in total. The summed E-state index contributed by atoms with van der Waals surface area (Å²) in [7, 11) is 0. The molecule has 5 rings (SSSR count). The summed E-state index contributed by atoms with van der Waals surface area (Å²) in [6, 6.07) is 14.8. The predicted octanol–water partition coefficient (Wildman–Crippen LogP) is 4.35. The number of hydrogen-bond donors (Lipinski definition) is 4. The second-order valence-electron chi connectivity index (χ2n) is 7.31. The molecule has 0 amide bonds. The van der Waals surface area contributed by atoms with Gasteiger partial charge in [-0.25, -0.2) is 4.99 Å². The fourth-order valence-electron chi connectivity index (χ4n) is 3.91. The molecule has 1 aliphatic rings. The van der Waals surface area contributed by atoms with E-state index in [1.54, 1.807) is 48.8 Å². The zero-order valence-corrected chi connectivity index (χ0v) is 16.0. The lowest BCUT2D eigenvalue weighted by Gasteiger charge is -2.12. The number of halogens is 3. The lowest BCUT2D eigenvalue weighted by atomic mass is 9.89. The molecule has 0 radical (unpaired) electrons. The van der Waals surface area contributed by atoms with Crippen LogP contribution in [-0.2, 0) is 6.18 Å². The van der Waals surface area contributed by atoms with Gasteiger partial charge < -0.3 is 15.2 Å². The highest BCUT2D eigenvalue weighted by molar-refractivity contribution is 6.25. The van der Waals surface area contributed by atoms with Crippen molar-refractivity contribution in [2.45, 2.75) is 6.18 Å². The molecule has 0 atom stereocenters. The van der Waals surface area contributed by atoms with Crippen molar-refractivity contribution in [1.82, 2.24) is 4.98 Å². The Labute approximate surface area is 174 Å². The van der Waals surface area contributed by atoms with Gasteiger partial charge in [-0.1, -0.05) is 12.1 Å². The summed E-state index contributed by atoms with van der Waals surface area (Å²) in [5.41, 5.74) is 4.22. The highest BCUT2D eigenvalue weighted by atomic mass is 19.4. The van der Waals surface area contributed by atoms with Crippen LogP contribution in [0.3, 0.4) is 0 Å². The number of hydrogen-bond acceptors (Lipinski definition) is 2. The Bertz CT molecular complexity index is 1380. The van der Waals surface area contributed by atoms with Crippen LogP contribution in [0.5, 0.6) is 11.5 Å². The average molecular weight is 421 g/mol. The topological polar surface area (TPSA) is 70.2 Å². The predicted molar refractivity (Wildman–Crippen MR) is 112 cm³/mol. The molecular formula is C24H16F3N2O2+. The first kappa shape index (κ1) is 19.0. The first-order valence-corrected chi connectivity index (χ1v) is 9.47. The number of nitrogens with one attached hydrogen (secondary N) is 2. The molecule has 4 aromatic rings. The van der Waals surface area contributed by atoms with Crippen LogP contribution < -0.4 is 4.99 Å². The molecule has 0 spiro atoms. The van der Waals surface area contributed by atoms with Crippen LogP contribution in [0.1, 0.15) is 22.3 Å². The third-order valence-electron chi connectivity index (χ3n) is 5.37. The Balaban J connectivity index is 1.80. The number of benzene rings is 3. The van der Waals surface area contributed by atoms with Gasteiger partial charge in [-0.15, -0.1) is 0 Å². The maximum Gasteiger partial charge on any atom is 0.416 e. The van der Waals surface area contributed by atoms with E-state index in [9.17, 15) is 23.4 Å². The Kier molecular flexibility index (Phi) is 4.15. The van der Waals surface area contributed by atoms with Gasteiger partial charge >= 0.3 is 6.18 Å². The number of aromatic nitrogens is 1. The van der Waals surface area contributed by atoms with Crippen LogP contribution in [0.15, 0.2) is 66.9 Å². The summed E-state index contributed by atoms with van der Waals surface area (Å²) >= 11 is 0. The summed E-state index contributed by atoms with van der Waals surface area (Å²) < 4.78 is 39.3. The monoisotopic (exact) mass is 421 g/mol. The van der Waals surface area contributed by atoms with Crippen molar-refractivity contribution >= 4 is 34.0 Å². The maximum absolute atomic E-state index is 13.1. The van der Waals surface area contributed by atoms with Crippen LogP contribution in [0.4, 0.5) is 18.9 Å². The third-order valence-corrected chi connectivity index (χ3v) is 5.37. The van der Waals surface area contributed by atoms with Crippen LogP contribution in [0.2, 0.25) is 0 Å². The first-order chi connectivity index (χ1) is 14.8. The van der Waals surface area contributed by atoms with E-state index in [1.807, 2.05) is 0 Å². The molecule has 3 aromatic carbocycles. The first-order valence-electron chi connectivity index (χ1n) is 9.47. The number of fused-ring (bicyclic) bond motifs is 2. The Morgan fingerprint density at radius 3 is 2.32 bits per heavy atom. The summed E-state index contributed by atoms with van der Waals surface area (Å²) in [5, 5.41) is 20.7. The van der Waals surface area contributed by atoms with E-state index in [2.05, 4.69) is 9.98 Å². The van der Waals surface area contributed by atoms with Crippen LogP contribution in [0.25, 0.3) is 22.0 Å². The van der Waals surface area contributed by atoms with Crippen molar-refractivity contribution in [3.05, 3.63) is 89.1 Å². The van der Waals surface area contributed by atoms with E-state index >= 15 is 0 Å². The Hall–Kier alpha value is -4.00. The van der Waals surface area contributed by atoms with Crippen LogP contribution >= 0.6 is 0 Å². The SMILES string of the molecule is Oc1ccc2c(c1)/C(=C(\c1ccc(C(F)(F)F)cc1)c1c[nH]c3ccc(O)cc13)C=[NH+]2. The molecule has 7 heteroatoms. The fraction of sp³-hybridized carbons (Fsp3) is 0.0417. The Morgan fingerprint density at radius 2 is 1.58 bits per heavy atom. The van der Waals surface area contributed by atoms with Gasteiger partial charge in [0, 0.05) is 34.3 Å². The number of alkyl halides is 3. The minimum Gasteiger partial charge on any atom is -0.508 e. The number of phenols is 2. The number of H-pyrrole nitrogens is 1. The Morgan fingerprint density at radius 1 is 0.871 bits per heavy atom. The van der Waals surface area contributed by atoms with Gasteiger partial charge in [-0.2, -0.15) is 13.2 Å². The minimum atomic E-state index is -4.43. The molecule has 0 aliphatic carbocycles. The fourth-order valence-corrected chi connectivity index (χ4v) is 3.91. The molecular weight excluding hydrogens is 405 g/mol. The zero-order valence-electron chi connectivity index (χ0n) is 16.0. The minimum absolute atomic E-state index is 0.0803. The van der Waals surface area contributed by atoms with Gasteiger partial charge in [-0.05, 0) is 48.0 Å².